The number of ketones is 1. The van der Waals surface area contributed by atoms with Crippen molar-refractivity contribution in [2.24, 2.45) is 5.92 Å². The van der Waals surface area contributed by atoms with E-state index in [1.807, 2.05) is 0 Å². The maximum Gasteiger partial charge on any atom is 0.223 e. The molecule has 0 spiro atoms. The highest BCUT2D eigenvalue weighted by Crippen LogP contribution is 2.19. The van der Waals surface area contributed by atoms with Crippen molar-refractivity contribution in [1.29, 1.82) is 0 Å². The van der Waals surface area contributed by atoms with Gasteiger partial charge in [0.1, 0.15) is 5.82 Å². The first-order valence-corrected chi connectivity index (χ1v) is 9.35. The molecule has 1 fully saturated rings. The number of piperidine rings is 1. The molecular weight excluding hydrogens is 335 g/mol. The Morgan fingerprint density at radius 3 is 2.38 bits per heavy atom. The van der Waals surface area contributed by atoms with Crippen LogP contribution in [0.3, 0.4) is 0 Å². The lowest BCUT2D eigenvalue weighted by Crippen LogP contribution is -2.43. The largest absolute Gasteiger partial charge is 0.356 e. The minimum atomic E-state index is -0.390. The molecular formula is C20H27FN2O3. The van der Waals surface area contributed by atoms with Crippen LogP contribution in [0.4, 0.5) is 4.39 Å². The van der Waals surface area contributed by atoms with Crippen LogP contribution in [0.25, 0.3) is 0 Å². The molecule has 0 atom stereocenters. The van der Waals surface area contributed by atoms with Crippen LogP contribution in [0.15, 0.2) is 24.3 Å². The summed E-state index contributed by atoms with van der Waals surface area (Å²) in [5.74, 6) is -0.568. The zero-order valence-electron chi connectivity index (χ0n) is 15.3. The van der Waals surface area contributed by atoms with Gasteiger partial charge in [-0.15, -0.1) is 0 Å². The number of Topliss-reactive ketones (excluding diaryl/α,β-unsaturated/α-hetero) is 1. The van der Waals surface area contributed by atoms with Crippen molar-refractivity contribution in [3.63, 3.8) is 0 Å². The van der Waals surface area contributed by atoms with Gasteiger partial charge in [0.15, 0.2) is 5.78 Å². The van der Waals surface area contributed by atoms with Crippen molar-refractivity contribution in [2.75, 3.05) is 19.6 Å². The van der Waals surface area contributed by atoms with E-state index in [0.717, 1.165) is 12.8 Å². The molecule has 1 aliphatic rings. The second-order valence-corrected chi connectivity index (χ2v) is 6.73. The quantitative estimate of drug-likeness (QED) is 0.571. The zero-order valence-corrected chi connectivity index (χ0v) is 15.3. The summed E-state index contributed by atoms with van der Waals surface area (Å²) < 4.78 is 12.9. The molecule has 1 saturated heterocycles. The predicted octanol–water partition coefficient (Wildman–Crippen LogP) is 2.94. The van der Waals surface area contributed by atoms with Gasteiger partial charge in [0.05, 0.1) is 0 Å². The summed E-state index contributed by atoms with van der Waals surface area (Å²) in [5, 5.41) is 2.95. The Hall–Kier alpha value is -2.24. The third-order valence-corrected chi connectivity index (χ3v) is 4.78. The fourth-order valence-electron chi connectivity index (χ4n) is 3.08. The lowest BCUT2D eigenvalue weighted by Gasteiger charge is -2.31. The summed E-state index contributed by atoms with van der Waals surface area (Å²) in [6.07, 6.45) is 3.60. The first-order valence-electron chi connectivity index (χ1n) is 9.35. The average molecular weight is 362 g/mol. The number of benzene rings is 1. The van der Waals surface area contributed by atoms with Crippen LogP contribution >= 0.6 is 0 Å². The van der Waals surface area contributed by atoms with Gasteiger partial charge < -0.3 is 10.2 Å². The number of hydrogen-bond donors (Lipinski definition) is 1. The van der Waals surface area contributed by atoms with Crippen molar-refractivity contribution in [3.05, 3.63) is 35.6 Å². The molecule has 0 unspecified atom stereocenters. The second kappa shape index (κ2) is 10.0. The Labute approximate surface area is 153 Å². The summed E-state index contributed by atoms with van der Waals surface area (Å²) in [6, 6.07) is 5.35. The molecule has 0 saturated carbocycles. The molecule has 5 nitrogen and oxygen atoms in total. The summed E-state index contributed by atoms with van der Waals surface area (Å²) >= 11 is 0. The Morgan fingerprint density at radius 1 is 1.12 bits per heavy atom. The molecule has 2 amide bonds. The third-order valence-electron chi connectivity index (χ3n) is 4.78. The van der Waals surface area contributed by atoms with E-state index in [2.05, 4.69) is 12.2 Å². The number of hydrogen-bond acceptors (Lipinski definition) is 3. The van der Waals surface area contributed by atoms with Gasteiger partial charge >= 0.3 is 0 Å². The number of unbranched alkanes of at least 4 members (excludes halogenated alkanes) is 1. The number of carbonyl (C=O) groups is 3. The van der Waals surface area contributed by atoms with Crippen molar-refractivity contribution in [1.82, 2.24) is 10.2 Å². The molecule has 142 valence electrons. The lowest BCUT2D eigenvalue weighted by molar-refractivity contribution is -0.135. The summed E-state index contributed by atoms with van der Waals surface area (Å²) in [4.78, 5) is 38.1. The smallest absolute Gasteiger partial charge is 0.223 e. The minimum Gasteiger partial charge on any atom is -0.356 e. The van der Waals surface area contributed by atoms with Crippen LogP contribution in [0.5, 0.6) is 0 Å². The number of likely N-dealkylation sites (tertiary alicyclic amines) is 1. The predicted molar refractivity (Wildman–Crippen MR) is 97.2 cm³/mol. The Balaban J connectivity index is 1.71. The van der Waals surface area contributed by atoms with Gasteiger partial charge in [-0.25, -0.2) is 4.39 Å². The Morgan fingerprint density at radius 2 is 1.77 bits per heavy atom. The molecule has 1 aromatic carbocycles. The van der Waals surface area contributed by atoms with Crippen molar-refractivity contribution >= 4 is 17.6 Å². The van der Waals surface area contributed by atoms with Gasteiger partial charge in [-0.2, -0.15) is 0 Å². The minimum absolute atomic E-state index is 0.0308. The van der Waals surface area contributed by atoms with E-state index in [4.69, 9.17) is 0 Å². The first kappa shape index (κ1) is 20.1. The molecule has 1 heterocycles. The van der Waals surface area contributed by atoms with Crippen LogP contribution in [0.1, 0.15) is 55.8 Å². The molecule has 1 aliphatic heterocycles. The molecule has 0 aromatic heterocycles. The number of nitrogens with one attached hydrogen (secondary N) is 1. The highest BCUT2D eigenvalue weighted by atomic mass is 19.1. The lowest BCUT2D eigenvalue weighted by atomic mass is 9.95. The first-order chi connectivity index (χ1) is 12.5. The van der Waals surface area contributed by atoms with Crippen LogP contribution in [0, 0.1) is 11.7 Å². The Bertz CT molecular complexity index is 622. The molecule has 1 N–H and O–H groups in total. The summed E-state index contributed by atoms with van der Waals surface area (Å²) in [7, 11) is 0. The maximum absolute atomic E-state index is 12.9. The van der Waals surface area contributed by atoms with E-state index in [9.17, 15) is 18.8 Å². The molecule has 0 radical (unpaired) electrons. The fourth-order valence-corrected chi connectivity index (χ4v) is 3.08. The van der Waals surface area contributed by atoms with E-state index >= 15 is 0 Å². The van der Waals surface area contributed by atoms with Crippen LogP contribution in [0.2, 0.25) is 0 Å². The average Bonchev–Trinajstić information content (AvgIpc) is 2.66. The van der Waals surface area contributed by atoms with E-state index in [1.54, 1.807) is 4.90 Å². The number of rotatable bonds is 8. The van der Waals surface area contributed by atoms with E-state index in [-0.39, 0.29) is 42.2 Å². The van der Waals surface area contributed by atoms with Crippen molar-refractivity contribution in [2.45, 2.75) is 45.4 Å². The normalized spacial score (nSPS) is 14.9. The molecule has 6 heteroatoms. The monoisotopic (exact) mass is 362 g/mol. The highest BCUT2D eigenvalue weighted by Gasteiger charge is 2.27. The number of carbonyl (C=O) groups excluding carboxylic acids is 3. The molecule has 26 heavy (non-hydrogen) atoms. The Kier molecular flexibility index (Phi) is 7.75. The van der Waals surface area contributed by atoms with Gasteiger partial charge in [-0.3, -0.25) is 14.4 Å². The molecule has 0 bridgehead atoms. The van der Waals surface area contributed by atoms with E-state index < -0.39 is 0 Å². The standard InChI is InChI=1S/C20H27FN2O3/c1-2-3-12-22-20(26)16-10-13-23(14-11-16)19(25)9-8-18(24)15-4-6-17(21)7-5-15/h4-7,16H,2-3,8-14H2,1H3,(H,22,26). The van der Waals surface area contributed by atoms with Crippen molar-refractivity contribution in [3.8, 4) is 0 Å². The van der Waals surface area contributed by atoms with Gasteiger partial charge in [0.2, 0.25) is 11.8 Å². The van der Waals surface area contributed by atoms with Crippen LogP contribution < -0.4 is 5.32 Å². The number of nitrogens with zero attached hydrogens (tertiary/aromatic N) is 1. The third kappa shape index (κ3) is 5.93. The molecule has 2 rings (SSSR count). The highest BCUT2D eigenvalue weighted by molar-refractivity contribution is 5.97. The zero-order chi connectivity index (χ0) is 18.9. The van der Waals surface area contributed by atoms with Gasteiger partial charge in [-0.1, -0.05) is 13.3 Å². The maximum atomic E-state index is 12.9. The molecule has 0 aliphatic carbocycles. The fraction of sp³-hybridized carbons (Fsp3) is 0.550. The summed E-state index contributed by atoms with van der Waals surface area (Å²) in [5.41, 5.74) is 0.418. The van der Waals surface area contributed by atoms with Crippen LogP contribution in [-0.2, 0) is 9.59 Å². The van der Waals surface area contributed by atoms with Crippen molar-refractivity contribution < 1.29 is 18.8 Å². The number of amides is 2. The van der Waals surface area contributed by atoms with Gasteiger partial charge in [0.25, 0.3) is 0 Å². The van der Waals surface area contributed by atoms with Gasteiger partial charge in [-0.05, 0) is 43.5 Å². The topological polar surface area (TPSA) is 66.5 Å². The van der Waals surface area contributed by atoms with Gasteiger partial charge in [0, 0.05) is 44.0 Å². The van der Waals surface area contributed by atoms with Crippen LogP contribution in [-0.4, -0.2) is 42.1 Å². The second-order valence-electron chi connectivity index (χ2n) is 6.73. The van der Waals surface area contributed by atoms with E-state index in [1.165, 1.54) is 24.3 Å². The molecule has 1 aromatic rings. The number of halogens is 1. The van der Waals surface area contributed by atoms with E-state index in [0.29, 0.717) is 38.0 Å². The summed E-state index contributed by atoms with van der Waals surface area (Å²) in [6.45, 7) is 3.89. The SMILES string of the molecule is CCCCNC(=O)C1CCN(C(=O)CCC(=O)c2ccc(F)cc2)CC1.